The molecular weight excluding hydrogens is 364 g/mol. The summed E-state index contributed by atoms with van der Waals surface area (Å²) >= 11 is 0. The lowest BCUT2D eigenvalue weighted by Crippen LogP contribution is -2.48. The fourth-order valence-corrected chi connectivity index (χ4v) is 3.67. The van der Waals surface area contributed by atoms with Crippen LogP contribution in [0.4, 0.5) is 0 Å². The van der Waals surface area contributed by atoms with Crippen LogP contribution < -0.4 is 5.43 Å². The van der Waals surface area contributed by atoms with Crippen molar-refractivity contribution in [2.24, 2.45) is 5.10 Å². The summed E-state index contributed by atoms with van der Waals surface area (Å²) in [7, 11) is 0. The van der Waals surface area contributed by atoms with Gasteiger partial charge in [-0.25, -0.2) is 5.43 Å². The van der Waals surface area contributed by atoms with Crippen LogP contribution in [0.15, 0.2) is 71.1 Å². The second kappa shape index (κ2) is 10.7. The third-order valence-electron chi connectivity index (χ3n) is 5.28. The van der Waals surface area contributed by atoms with Gasteiger partial charge in [-0.2, -0.15) is 5.10 Å². The molecule has 1 amide bonds. The highest BCUT2D eigenvalue weighted by atomic mass is 16.3. The van der Waals surface area contributed by atoms with Gasteiger partial charge >= 0.3 is 0 Å². The van der Waals surface area contributed by atoms with E-state index in [9.17, 15) is 9.90 Å². The van der Waals surface area contributed by atoms with Gasteiger partial charge in [0, 0.05) is 38.3 Å². The van der Waals surface area contributed by atoms with Crippen molar-refractivity contribution in [1.29, 1.82) is 0 Å². The molecular formula is C23H30N4O2. The number of aliphatic hydroxyl groups is 1. The van der Waals surface area contributed by atoms with Crippen molar-refractivity contribution in [1.82, 2.24) is 15.2 Å². The fraction of sp³-hybridized carbons (Fsp3) is 0.391. The SMILES string of the molecule is C=CCC1=C(O)C(/C=N/NC(=O)CN2CCN(Cc3ccccc3)CC2)=CCC1. The van der Waals surface area contributed by atoms with Gasteiger partial charge in [0.1, 0.15) is 5.76 Å². The van der Waals surface area contributed by atoms with E-state index in [4.69, 9.17) is 0 Å². The number of nitrogens with one attached hydrogen (secondary N) is 1. The van der Waals surface area contributed by atoms with E-state index in [1.807, 2.05) is 12.1 Å². The molecule has 1 aliphatic carbocycles. The molecule has 0 unspecified atom stereocenters. The molecule has 0 radical (unpaired) electrons. The first-order chi connectivity index (χ1) is 14.2. The maximum absolute atomic E-state index is 12.2. The number of hydrogen-bond donors (Lipinski definition) is 2. The van der Waals surface area contributed by atoms with Crippen molar-refractivity contribution < 1.29 is 9.90 Å². The molecule has 1 saturated heterocycles. The zero-order chi connectivity index (χ0) is 20.5. The van der Waals surface area contributed by atoms with Crippen LogP contribution in [0.2, 0.25) is 0 Å². The van der Waals surface area contributed by atoms with Crippen LogP contribution in [0.3, 0.4) is 0 Å². The summed E-state index contributed by atoms with van der Waals surface area (Å²) in [4.78, 5) is 16.7. The molecule has 2 N–H and O–H groups in total. The highest BCUT2D eigenvalue weighted by molar-refractivity contribution is 5.86. The monoisotopic (exact) mass is 394 g/mol. The Hall–Kier alpha value is -2.70. The Morgan fingerprint density at radius 2 is 1.90 bits per heavy atom. The Bertz CT molecular complexity index is 790. The van der Waals surface area contributed by atoms with Crippen molar-refractivity contribution in [3.63, 3.8) is 0 Å². The van der Waals surface area contributed by atoms with Crippen molar-refractivity contribution in [2.75, 3.05) is 32.7 Å². The number of amides is 1. The molecule has 1 aromatic rings. The summed E-state index contributed by atoms with van der Waals surface area (Å²) in [6.45, 7) is 8.62. The smallest absolute Gasteiger partial charge is 0.254 e. The molecule has 1 aliphatic heterocycles. The van der Waals surface area contributed by atoms with Crippen molar-refractivity contribution >= 4 is 12.1 Å². The van der Waals surface area contributed by atoms with Crippen LogP contribution in [0.5, 0.6) is 0 Å². The van der Waals surface area contributed by atoms with E-state index in [0.717, 1.165) is 51.1 Å². The lowest BCUT2D eigenvalue weighted by molar-refractivity contribution is -0.122. The van der Waals surface area contributed by atoms with Crippen molar-refractivity contribution in [3.05, 3.63) is 71.5 Å². The molecule has 0 bridgehead atoms. The number of allylic oxidation sites excluding steroid dienone is 4. The largest absolute Gasteiger partial charge is 0.507 e. The van der Waals surface area contributed by atoms with Crippen LogP contribution in [0.25, 0.3) is 0 Å². The summed E-state index contributed by atoms with van der Waals surface area (Å²) in [6.07, 6.45) is 7.59. The number of rotatable bonds is 8. The number of hydrazone groups is 1. The summed E-state index contributed by atoms with van der Waals surface area (Å²) in [5.74, 6) is 0.118. The van der Waals surface area contributed by atoms with Crippen LogP contribution in [-0.2, 0) is 11.3 Å². The second-order valence-electron chi connectivity index (χ2n) is 7.47. The predicted molar refractivity (Wildman–Crippen MR) is 117 cm³/mol. The maximum atomic E-state index is 12.2. The highest BCUT2D eigenvalue weighted by Crippen LogP contribution is 2.24. The van der Waals surface area contributed by atoms with Gasteiger partial charge in [-0.1, -0.05) is 42.5 Å². The standard InChI is InChI=1S/C23H30N4O2/c1-2-7-20-10-6-11-21(23(20)29)16-24-25-22(28)18-27-14-12-26(13-15-27)17-19-8-4-3-5-9-19/h2-5,8-9,11,16,29H,1,6-7,10,12-15,17-18H2,(H,25,28)/b24-16+. The van der Waals surface area contributed by atoms with Gasteiger partial charge < -0.3 is 5.11 Å². The van der Waals surface area contributed by atoms with E-state index in [-0.39, 0.29) is 11.7 Å². The Morgan fingerprint density at radius 3 is 2.62 bits per heavy atom. The number of hydrogen-bond acceptors (Lipinski definition) is 5. The van der Waals surface area contributed by atoms with E-state index < -0.39 is 0 Å². The van der Waals surface area contributed by atoms with Crippen molar-refractivity contribution in [2.45, 2.75) is 25.8 Å². The molecule has 29 heavy (non-hydrogen) atoms. The molecule has 0 aromatic heterocycles. The van der Waals surface area contributed by atoms with Crippen LogP contribution in [0.1, 0.15) is 24.8 Å². The molecule has 1 fully saturated rings. The summed E-state index contributed by atoms with van der Waals surface area (Å²) in [5, 5.41) is 14.3. The minimum absolute atomic E-state index is 0.135. The fourth-order valence-electron chi connectivity index (χ4n) is 3.67. The van der Waals surface area contributed by atoms with Crippen LogP contribution in [0, 0.1) is 0 Å². The lowest BCUT2D eigenvalue weighted by Gasteiger charge is -2.34. The maximum Gasteiger partial charge on any atom is 0.254 e. The van der Waals surface area contributed by atoms with Crippen LogP contribution >= 0.6 is 0 Å². The lowest BCUT2D eigenvalue weighted by atomic mass is 9.96. The molecule has 1 heterocycles. The van der Waals surface area contributed by atoms with Gasteiger partial charge in [-0.3, -0.25) is 14.6 Å². The summed E-state index contributed by atoms with van der Waals surface area (Å²) in [6, 6.07) is 10.5. The third-order valence-corrected chi connectivity index (χ3v) is 5.28. The second-order valence-corrected chi connectivity index (χ2v) is 7.47. The Kier molecular flexibility index (Phi) is 7.78. The molecule has 0 spiro atoms. The van der Waals surface area contributed by atoms with E-state index in [2.05, 4.69) is 51.2 Å². The quantitative estimate of drug-likeness (QED) is 0.404. The number of nitrogens with zero attached hydrogens (tertiary/aromatic N) is 3. The first kappa shape index (κ1) is 21.0. The molecule has 6 nitrogen and oxygen atoms in total. The average molecular weight is 395 g/mol. The van der Waals surface area contributed by atoms with E-state index in [1.165, 1.54) is 11.8 Å². The first-order valence-corrected chi connectivity index (χ1v) is 10.2. The Morgan fingerprint density at radius 1 is 1.17 bits per heavy atom. The Balaban J connectivity index is 1.40. The van der Waals surface area contributed by atoms with E-state index in [0.29, 0.717) is 18.5 Å². The molecule has 3 rings (SSSR count). The number of benzene rings is 1. The zero-order valence-corrected chi connectivity index (χ0v) is 16.9. The molecule has 2 aliphatic rings. The number of aliphatic hydroxyl groups excluding tert-OH is 1. The number of carbonyl (C=O) groups is 1. The zero-order valence-electron chi connectivity index (χ0n) is 16.9. The normalized spacial score (nSPS) is 18.7. The Labute approximate surface area is 172 Å². The first-order valence-electron chi connectivity index (χ1n) is 10.2. The summed E-state index contributed by atoms with van der Waals surface area (Å²) < 4.78 is 0. The molecule has 0 atom stereocenters. The topological polar surface area (TPSA) is 68.2 Å². The van der Waals surface area contributed by atoms with Crippen molar-refractivity contribution in [3.8, 4) is 0 Å². The van der Waals surface area contributed by atoms with E-state index >= 15 is 0 Å². The minimum atomic E-state index is -0.135. The van der Waals surface area contributed by atoms with Gasteiger partial charge in [-0.15, -0.1) is 6.58 Å². The molecule has 6 heteroatoms. The minimum Gasteiger partial charge on any atom is -0.507 e. The summed E-state index contributed by atoms with van der Waals surface area (Å²) in [5.41, 5.74) is 5.51. The molecule has 0 saturated carbocycles. The molecule has 1 aromatic carbocycles. The van der Waals surface area contributed by atoms with Gasteiger partial charge in [0.15, 0.2) is 0 Å². The number of piperazine rings is 1. The van der Waals surface area contributed by atoms with Gasteiger partial charge in [0.25, 0.3) is 5.91 Å². The average Bonchev–Trinajstić information content (AvgIpc) is 2.73. The van der Waals surface area contributed by atoms with Gasteiger partial charge in [-0.05, 0) is 30.4 Å². The van der Waals surface area contributed by atoms with Gasteiger partial charge in [0.05, 0.1) is 12.8 Å². The number of carbonyl (C=O) groups excluding carboxylic acids is 1. The van der Waals surface area contributed by atoms with E-state index in [1.54, 1.807) is 6.08 Å². The van der Waals surface area contributed by atoms with Crippen LogP contribution in [-0.4, -0.2) is 59.8 Å². The predicted octanol–water partition coefficient (Wildman–Crippen LogP) is 3.01. The highest BCUT2D eigenvalue weighted by Gasteiger charge is 2.19. The third kappa shape index (κ3) is 6.41. The van der Waals surface area contributed by atoms with Gasteiger partial charge in [0.2, 0.25) is 0 Å². The molecule has 154 valence electrons.